The molecule has 5 nitrogen and oxygen atoms in total. The first kappa shape index (κ1) is 13.5. The monoisotopic (exact) mass is 299 g/mol. The maximum absolute atomic E-state index is 12.7. The van der Waals surface area contributed by atoms with Crippen LogP contribution in [0.2, 0.25) is 0 Å². The van der Waals surface area contributed by atoms with Crippen molar-refractivity contribution in [1.29, 1.82) is 0 Å². The maximum Gasteiger partial charge on any atom is 0.285 e. The van der Waals surface area contributed by atoms with E-state index in [0.717, 1.165) is 9.65 Å². The second-order valence-electron chi connectivity index (χ2n) is 4.57. The van der Waals surface area contributed by atoms with Crippen LogP contribution in [0.1, 0.15) is 5.69 Å². The Morgan fingerprint density at radius 1 is 1.05 bits per heavy atom. The van der Waals surface area contributed by atoms with Crippen molar-refractivity contribution in [2.24, 2.45) is 0 Å². The third-order valence-corrected chi connectivity index (χ3v) is 4.60. The Hall–Kier alpha value is -2.47. The Labute approximate surface area is 122 Å². The summed E-state index contributed by atoms with van der Waals surface area (Å²) in [4.78, 5) is 3.98. The van der Waals surface area contributed by atoms with Crippen LogP contribution in [-0.2, 0) is 10.0 Å². The van der Waals surface area contributed by atoms with E-state index in [-0.39, 0.29) is 4.90 Å². The van der Waals surface area contributed by atoms with Crippen LogP contribution >= 0.6 is 0 Å². The van der Waals surface area contributed by atoms with E-state index in [1.54, 1.807) is 19.1 Å². The minimum absolute atomic E-state index is 0.116. The summed E-state index contributed by atoms with van der Waals surface area (Å²) >= 11 is 0. The maximum atomic E-state index is 12.7. The van der Waals surface area contributed by atoms with Crippen molar-refractivity contribution in [3.8, 4) is 11.3 Å². The summed E-state index contributed by atoms with van der Waals surface area (Å²) in [5.41, 5.74) is 1.98. The second kappa shape index (κ2) is 5.14. The van der Waals surface area contributed by atoms with Gasteiger partial charge in [0.15, 0.2) is 0 Å². The van der Waals surface area contributed by atoms with Crippen LogP contribution in [-0.4, -0.2) is 22.6 Å². The Morgan fingerprint density at radius 3 is 2.48 bits per heavy atom. The predicted molar refractivity (Wildman–Crippen MR) is 79.2 cm³/mol. The fourth-order valence-corrected chi connectivity index (χ4v) is 3.36. The van der Waals surface area contributed by atoms with Gasteiger partial charge in [-0.15, -0.1) is 0 Å². The molecule has 0 N–H and O–H groups in total. The molecule has 0 bridgehead atoms. The van der Waals surface area contributed by atoms with Crippen LogP contribution in [0.25, 0.3) is 11.3 Å². The fraction of sp³-hybridized carbons (Fsp3) is 0.0667. The quantitative estimate of drug-likeness (QED) is 0.745. The minimum atomic E-state index is -3.75. The van der Waals surface area contributed by atoms with Gasteiger partial charge >= 0.3 is 0 Å². The number of nitrogens with zero attached hydrogens (tertiary/aromatic N) is 3. The molecule has 6 heteroatoms. The number of hydrogen-bond donors (Lipinski definition) is 0. The molecule has 0 amide bonds. The average Bonchev–Trinajstić information content (AvgIpc) is 2.92. The van der Waals surface area contributed by atoms with Gasteiger partial charge in [-0.05, 0) is 25.1 Å². The molecule has 0 atom stereocenters. The van der Waals surface area contributed by atoms with E-state index in [1.807, 2.05) is 30.3 Å². The van der Waals surface area contributed by atoms with E-state index in [4.69, 9.17) is 0 Å². The highest BCUT2D eigenvalue weighted by atomic mass is 32.2. The topological polar surface area (TPSA) is 64.8 Å². The lowest BCUT2D eigenvalue weighted by atomic mass is 10.1. The summed E-state index contributed by atoms with van der Waals surface area (Å²) in [5.74, 6) is 0. The van der Waals surface area contributed by atoms with Crippen LogP contribution in [0, 0.1) is 6.92 Å². The first-order chi connectivity index (χ1) is 10.1. The standard InChI is InChI=1S/C15H13N3O2S/c1-12-10-15(13-6-3-2-4-7-13)18(17-12)21(19,20)14-8-5-9-16-11-14/h2-11H,1H3. The molecule has 0 spiro atoms. The molecule has 1 aromatic carbocycles. The molecule has 0 aliphatic heterocycles. The number of pyridine rings is 1. The zero-order chi connectivity index (χ0) is 14.9. The highest BCUT2D eigenvalue weighted by molar-refractivity contribution is 7.90. The summed E-state index contributed by atoms with van der Waals surface area (Å²) in [5, 5.41) is 4.14. The minimum Gasteiger partial charge on any atom is -0.263 e. The first-order valence-corrected chi connectivity index (χ1v) is 7.81. The van der Waals surface area contributed by atoms with Gasteiger partial charge < -0.3 is 0 Å². The Bertz CT molecular complexity index is 856. The van der Waals surface area contributed by atoms with Crippen molar-refractivity contribution in [1.82, 2.24) is 14.2 Å². The number of rotatable bonds is 3. The molecule has 0 saturated heterocycles. The third-order valence-electron chi connectivity index (χ3n) is 3.03. The zero-order valence-electron chi connectivity index (χ0n) is 11.3. The largest absolute Gasteiger partial charge is 0.285 e. The van der Waals surface area contributed by atoms with Crippen molar-refractivity contribution in [3.05, 3.63) is 66.6 Å². The summed E-state index contributed by atoms with van der Waals surface area (Å²) in [6.07, 6.45) is 2.85. The van der Waals surface area contributed by atoms with Gasteiger partial charge in [0.2, 0.25) is 0 Å². The van der Waals surface area contributed by atoms with Gasteiger partial charge in [-0.1, -0.05) is 30.3 Å². The van der Waals surface area contributed by atoms with Crippen LogP contribution in [0.4, 0.5) is 0 Å². The van der Waals surface area contributed by atoms with Crippen molar-refractivity contribution >= 4 is 10.0 Å². The Kier molecular flexibility index (Phi) is 3.31. The van der Waals surface area contributed by atoms with Crippen molar-refractivity contribution in [3.63, 3.8) is 0 Å². The normalized spacial score (nSPS) is 11.5. The van der Waals surface area contributed by atoms with E-state index in [2.05, 4.69) is 10.1 Å². The molecular weight excluding hydrogens is 286 g/mol. The molecule has 21 heavy (non-hydrogen) atoms. The molecule has 3 rings (SSSR count). The van der Waals surface area contributed by atoms with Gasteiger partial charge in [-0.25, -0.2) is 0 Å². The van der Waals surface area contributed by atoms with Gasteiger partial charge in [0.05, 0.1) is 11.4 Å². The van der Waals surface area contributed by atoms with Crippen molar-refractivity contribution in [2.45, 2.75) is 11.8 Å². The van der Waals surface area contributed by atoms with Gasteiger partial charge in [-0.3, -0.25) is 4.98 Å². The van der Waals surface area contributed by atoms with Gasteiger partial charge in [0, 0.05) is 18.0 Å². The number of aryl methyl sites for hydroxylation is 1. The van der Waals surface area contributed by atoms with Gasteiger partial charge in [0.1, 0.15) is 4.90 Å². The lowest BCUT2D eigenvalue weighted by molar-refractivity contribution is 0.580. The summed E-state index contributed by atoms with van der Waals surface area (Å²) in [6, 6.07) is 14.2. The van der Waals surface area contributed by atoms with E-state index in [0.29, 0.717) is 11.4 Å². The SMILES string of the molecule is Cc1cc(-c2ccccc2)n(S(=O)(=O)c2cccnc2)n1. The molecule has 0 aliphatic carbocycles. The second-order valence-corrected chi connectivity index (χ2v) is 6.34. The Morgan fingerprint density at radius 2 is 1.81 bits per heavy atom. The lowest BCUT2D eigenvalue weighted by Crippen LogP contribution is -2.16. The summed E-state index contributed by atoms with van der Waals surface area (Å²) < 4.78 is 26.5. The zero-order valence-corrected chi connectivity index (χ0v) is 12.2. The van der Waals surface area contributed by atoms with Crippen LogP contribution in [0.3, 0.4) is 0 Å². The van der Waals surface area contributed by atoms with E-state index < -0.39 is 10.0 Å². The van der Waals surface area contributed by atoms with Crippen LogP contribution in [0.15, 0.2) is 65.8 Å². The van der Waals surface area contributed by atoms with E-state index in [1.165, 1.54) is 18.5 Å². The third kappa shape index (κ3) is 2.45. The molecule has 0 saturated carbocycles. The van der Waals surface area contributed by atoms with Crippen LogP contribution in [0.5, 0.6) is 0 Å². The molecule has 106 valence electrons. The molecule has 2 heterocycles. The van der Waals surface area contributed by atoms with E-state index in [9.17, 15) is 8.42 Å². The van der Waals surface area contributed by atoms with Crippen molar-refractivity contribution in [2.75, 3.05) is 0 Å². The molecule has 0 aliphatic rings. The molecule has 0 unspecified atom stereocenters. The molecule has 0 fully saturated rings. The first-order valence-electron chi connectivity index (χ1n) is 6.37. The lowest BCUT2D eigenvalue weighted by Gasteiger charge is -2.08. The average molecular weight is 299 g/mol. The number of benzene rings is 1. The van der Waals surface area contributed by atoms with Gasteiger partial charge in [-0.2, -0.15) is 17.6 Å². The number of aromatic nitrogens is 3. The van der Waals surface area contributed by atoms with Crippen molar-refractivity contribution < 1.29 is 8.42 Å². The predicted octanol–water partition coefficient (Wildman–Crippen LogP) is 2.49. The van der Waals surface area contributed by atoms with Gasteiger partial charge in [0.25, 0.3) is 10.0 Å². The highest BCUT2D eigenvalue weighted by Crippen LogP contribution is 2.24. The smallest absolute Gasteiger partial charge is 0.263 e. The summed E-state index contributed by atoms with van der Waals surface area (Å²) in [6.45, 7) is 1.77. The molecule has 3 aromatic rings. The fourth-order valence-electron chi connectivity index (χ4n) is 2.06. The molecule has 0 radical (unpaired) electrons. The van der Waals surface area contributed by atoms with E-state index >= 15 is 0 Å². The highest BCUT2D eigenvalue weighted by Gasteiger charge is 2.22. The molecular formula is C15H13N3O2S. The molecule has 2 aromatic heterocycles. The van der Waals surface area contributed by atoms with Crippen LogP contribution < -0.4 is 0 Å². The Balaban J connectivity index is 2.21. The number of hydrogen-bond acceptors (Lipinski definition) is 4. The summed E-state index contributed by atoms with van der Waals surface area (Å²) in [7, 11) is -3.75.